The minimum absolute atomic E-state index is 0.239. The van der Waals surface area contributed by atoms with Gasteiger partial charge in [0.25, 0.3) is 0 Å². The van der Waals surface area contributed by atoms with Crippen LogP contribution in [-0.2, 0) is 6.54 Å². The number of aromatic nitrogens is 1. The molecule has 1 aromatic carbocycles. The van der Waals surface area contributed by atoms with Crippen LogP contribution in [-0.4, -0.2) is 18.1 Å². The smallest absolute Gasteiger partial charge is 0.146 e. The Hall–Kier alpha value is -2.01. The molecular formula is C18H22F2N2O. The van der Waals surface area contributed by atoms with Crippen molar-refractivity contribution in [3.63, 3.8) is 0 Å². The average Bonchev–Trinajstić information content (AvgIpc) is 2.53. The lowest BCUT2D eigenvalue weighted by atomic mass is 10.1. The van der Waals surface area contributed by atoms with Crippen molar-refractivity contribution in [1.29, 1.82) is 0 Å². The van der Waals surface area contributed by atoms with Gasteiger partial charge >= 0.3 is 0 Å². The second-order valence-corrected chi connectivity index (χ2v) is 5.88. The summed E-state index contributed by atoms with van der Waals surface area (Å²) >= 11 is 0. The standard InChI is InChI=1S/C18H22F2N2O/c1-11(2)12(3)21-10-17-15(20)6-7-16(22-17)14-9-13(19)5-8-18(14)23-4/h5-9,11-12,21H,10H2,1-4H3/t12-/m1/s1. The molecule has 1 atom stereocenters. The van der Waals surface area contributed by atoms with Crippen molar-refractivity contribution in [2.24, 2.45) is 5.92 Å². The zero-order valence-electron chi connectivity index (χ0n) is 13.9. The number of rotatable bonds is 6. The number of benzene rings is 1. The van der Waals surface area contributed by atoms with Gasteiger partial charge in [0.05, 0.1) is 18.5 Å². The van der Waals surface area contributed by atoms with Crippen LogP contribution in [0.25, 0.3) is 11.3 Å². The Balaban J connectivity index is 2.32. The predicted molar refractivity (Wildman–Crippen MR) is 87.3 cm³/mol. The lowest BCUT2D eigenvalue weighted by molar-refractivity contribution is 0.414. The third-order valence-corrected chi connectivity index (χ3v) is 3.95. The normalized spacial score (nSPS) is 12.5. The van der Waals surface area contributed by atoms with Crippen LogP contribution < -0.4 is 10.1 Å². The maximum absolute atomic E-state index is 14.0. The van der Waals surface area contributed by atoms with Crippen LogP contribution in [0.4, 0.5) is 8.78 Å². The summed E-state index contributed by atoms with van der Waals surface area (Å²) in [6.07, 6.45) is 0. The minimum Gasteiger partial charge on any atom is -0.496 e. The van der Waals surface area contributed by atoms with Gasteiger partial charge in [0, 0.05) is 18.2 Å². The summed E-state index contributed by atoms with van der Waals surface area (Å²) in [4.78, 5) is 4.34. The van der Waals surface area contributed by atoms with Crippen LogP contribution in [0.3, 0.4) is 0 Å². The molecule has 0 radical (unpaired) electrons. The van der Waals surface area contributed by atoms with E-state index in [0.717, 1.165) is 0 Å². The van der Waals surface area contributed by atoms with Crippen LogP contribution >= 0.6 is 0 Å². The Bertz CT molecular complexity index is 674. The van der Waals surface area contributed by atoms with Gasteiger partial charge in [0.2, 0.25) is 0 Å². The van der Waals surface area contributed by atoms with Gasteiger partial charge in [0.15, 0.2) is 0 Å². The van der Waals surface area contributed by atoms with Gasteiger partial charge in [-0.3, -0.25) is 0 Å². The zero-order chi connectivity index (χ0) is 17.0. The molecule has 5 heteroatoms. The monoisotopic (exact) mass is 320 g/mol. The highest BCUT2D eigenvalue weighted by atomic mass is 19.1. The number of pyridine rings is 1. The van der Waals surface area contributed by atoms with Crippen LogP contribution in [0.15, 0.2) is 30.3 Å². The summed E-state index contributed by atoms with van der Waals surface area (Å²) in [6.45, 7) is 6.55. The molecule has 0 unspecified atom stereocenters. The van der Waals surface area contributed by atoms with E-state index in [4.69, 9.17) is 4.74 Å². The number of hydrogen-bond donors (Lipinski definition) is 1. The highest BCUT2D eigenvalue weighted by Gasteiger charge is 2.13. The minimum atomic E-state index is -0.389. The number of nitrogens with zero attached hydrogens (tertiary/aromatic N) is 1. The van der Waals surface area contributed by atoms with Gasteiger partial charge < -0.3 is 10.1 Å². The van der Waals surface area contributed by atoms with E-state index >= 15 is 0 Å². The first-order valence-electron chi connectivity index (χ1n) is 7.65. The van der Waals surface area contributed by atoms with Gasteiger partial charge in [-0.05, 0) is 43.2 Å². The summed E-state index contributed by atoms with van der Waals surface area (Å²) in [5.74, 6) is 0.164. The number of nitrogens with one attached hydrogen (secondary N) is 1. The largest absolute Gasteiger partial charge is 0.496 e. The van der Waals surface area contributed by atoms with Crippen LogP contribution in [0, 0.1) is 17.6 Å². The molecule has 0 aliphatic carbocycles. The number of halogens is 2. The van der Waals surface area contributed by atoms with E-state index in [2.05, 4.69) is 24.1 Å². The van der Waals surface area contributed by atoms with Gasteiger partial charge in [-0.15, -0.1) is 0 Å². The first-order valence-corrected chi connectivity index (χ1v) is 7.65. The van der Waals surface area contributed by atoms with E-state index in [1.807, 2.05) is 6.92 Å². The fourth-order valence-corrected chi connectivity index (χ4v) is 2.13. The Morgan fingerprint density at radius 3 is 2.52 bits per heavy atom. The molecule has 0 aliphatic heterocycles. The van der Waals surface area contributed by atoms with Gasteiger partial charge in [-0.2, -0.15) is 0 Å². The lowest BCUT2D eigenvalue weighted by Crippen LogP contribution is -2.30. The summed E-state index contributed by atoms with van der Waals surface area (Å²) in [6, 6.07) is 7.31. The van der Waals surface area contributed by atoms with Crippen molar-refractivity contribution in [3.05, 3.63) is 47.7 Å². The van der Waals surface area contributed by atoms with Crippen molar-refractivity contribution in [2.45, 2.75) is 33.4 Å². The average molecular weight is 320 g/mol. The molecule has 0 amide bonds. The first kappa shape index (κ1) is 17.3. The van der Waals surface area contributed by atoms with Crippen molar-refractivity contribution in [2.75, 3.05) is 7.11 Å². The van der Waals surface area contributed by atoms with Gasteiger partial charge in [0.1, 0.15) is 17.4 Å². The molecule has 1 N–H and O–H groups in total. The molecule has 2 aromatic rings. The molecule has 0 aliphatic rings. The molecule has 0 fully saturated rings. The SMILES string of the molecule is COc1ccc(F)cc1-c1ccc(F)c(CN[C@H](C)C(C)C)n1. The Morgan fingerprint density at radius 2 is 1.87 bits per heavy atom. The fraction of sp³-hybridized carbons (Fsp3) is 0.389. The number of methoxy groups -OCH3 is 1. The fourth-order valence-electron chi connectivity index (χ4n) is 2.13. The molecule has 0 saturated heterocycles. The highest BCUT2D eigenvalue weighted by molar-refractivity contribution is 5.67. The highest BCUT2D eigenvalue weighted by Crippen LogP contribution is 2.29. The third-order valence-electron chi connectivity index (χ3n) is 3.95. The summed E-state index contributed by atoms with van der Waals surface area (Å²) in [7, 11) is 1.51. The van der Waals surface area contributed by atoms with Gasteiger partial charge in [-0.1, -0.05) is 13.8 Å². The first-order chi connectivity index (χ1) is 10.9. The predicted octanol–water partition coefficient (Wildman–Crippen LogP) is 4.17. The summed E-state index contributed by atoms with van der Waals surface area (Å²) < 4.78 is 32.8. The van der Waals surface area contributed by atoms with Crippen molar-refractivity contribution < 1.29 is 13.5 Å². The van der Waals surface area contributed by atoms with E-state index in [1.54, 1.807) is 0 Å². The molecule has 0 saturated carbocycles. The van der Waals surface area contributed by atoms with Crippen LogP contribution in [0.2, 0.25) is 0 Å². The zero-order valence-corrected chi connectivity index (χ0v) is 13.9. The second-order valence-electron chi connectivity index (χ2n) is 5.88. The molecule has 2 rings (SSSR count). The van der Waals surface area contributed by atoms with Crippen LogP contribution in [0.1, 0.15) is 26.5 Å². The van der Waals surface area contributed by atoms with E-state index in [1.165, 1.54) is 37.4 Å². The Morgan fingerprint density at radius 1 is 1.13 bits per heavy atom. The van der Waals surface area contributed by atoms with Gasteiger partial charge in [-0.25, -0.2) is 13.8 Å². The van der Waals surface area contributed by atoms with E-state index in [0.29, 0.717) is 35.2 Å². The molecule has 1 heterocycles. The van der Waals surface area contributed by atoms with Crippen molar-refractivity contribution in [1.82, 2.24) is 10.3 Å². The van der Waals surface area contributed by atoms with E-state index < -0.39 is 0 Å². The molecular weight excluding hydrogens is 298 g/mol. The molecule has 124 valence electrons. The molecule has 23 heavy (non-hydrogen) atoms. The Labute approximate surface area is 135 Å². The second kappa shape index (κ2) is 7.51. The van der Waals surface area contributed by atoms with Crippen molar-refractivity contribution >= 4 is 0 Å². The number of hydrogen-bond acceptors (Lipinski definition) is 3. The summed E-state index contributed by atoms with van der Waals surface area (Å²) in [5.41, 5.74) is 1.30. The maximum Gasteiger partial charge on any atom is 0.146 e. The third kappa shape index (κ3) is 4.26. The lowest BCUT2D eigenvalue weighted by Gasteiger charge is -2.17. The quantitative estimate of drug-likeness (QED) is 0.867. The summed E-state index contributed by atoms with van der Waals surface area (Å²) in [5, 5.41) is 3.25. The number of ether oxygens (including phenoxy) is 1. The van der Waals surface area contributed by atoms with Crippen molar-refractivity contribution in [3.8, 4) is 17.0 Å². The maximum atomic E-state index is 14.0. The molecule has 1 aromatic heterocycles. The van der Waals surface area contributed by atoms with E-state index in [-0.39, 0.29) is 17.7 Å². The molecule has 3 nitrogen and oxygen atoms in total. The Kier molecular flexibility index (Phi) is 5.66. The molecule has 0 bridgehead atoms. The topological polar surface area (TPSA) is 34.1 Å². The van der Waals surface area contributed by atoms with Crippen LogP contribution in [0.5, 0.6) is 5.75 Å². The van der Waals surface area contributed by atoms with E-state index in [9.17, 15) is 8.78 Å². The molecule has 0 spiro atoms.